The second-order valence-electron chi connectivity index (χ2n) is 3.77. The lowest BCUT2D eigenvalue weighted by molar-refractivity contribution is -0.139. The monoisotopic (exact) mass is 457 g/mol. The van der Waals surface area contributed by atoms with Gasteiger partial charge in [-0.3, -0.25) is 4.79 Å². The molecule has 0 fully saturated rings. The van der Waals surface area contributed by atoms with Gasteiger partial charge in [0.15, 0.2) is 0 Å². The molecule has 2 N–H and O–H groups in total. The van der Waals surface area contributed by atoms with Crippen molar-refractivity contribution in [1.29, 1.82) is 0 Å². The predicted octanol–water partition coefficient (Wildman–Crippen LogP) is 2.99. The number of benzene rings is 1. The molecule has 7 heteroatoms. The predicted molar refractivity (Wildman–Crippen MR) is 88.7 cm³/mol. The van der Waals surface area contributed by atoms with Crippen LogP contribution in [0, 0.1) is 3.57 Å². The van der Waals surface area contributed by atoms with Gasteiger partial charge in [0, 0.05) is 8.04 Å². The molecule has 0 aliphatic heterocycles. The van der Waals surface area contributed by atoms with E-state index in [-0.39, 0.29) is 5.91 Å². The number of carboxylic acids is 1. The van der Waals surface area contributed by atoms with E-state index >= 15 is 0 Å². The smallest absolute Gasteiger partial charge is 0.326 e. The van der Waals surface area contributed by atoms with Gasteiger partial charge in [0.25, 0.3) is 5.91 Å². The molecular weight excluding hydrogens is 445 g/mol. The van der Waals surface area contributed by atoms with E-state index in [0.717, 1.165) is 8.04 Å². The van der Waals surface area contributed by atoms with E-state index in [1.54, 1.807) is 23.9 Å². The van der Waals surface area contributed by atoms with Crippen molar-refractivity contribution in [3.63, 3.8) is 0 Å². The molecule has 0 saturated heterocycles. The summed E-state index contributed by atoms with van der Waals surface area (Å²) in [6.07, 6.45) is 2.31. The average molecular weight is 458 g/mol. The van der Waals surface area contributed by atoms with Gasteiger partial charge < -0.3 is 10.4 Å². The Morgan fingerprint density at radius 2 is 2.21 bits per heavy atom. The third-order valence-electron chi connectivity index (χ3n) is 2.39. The van der Waals surface area contributed by atoms with Gasteiger partial charge in [0.2, 0.25) is 0 Å². The number of halogens is 2. The second-order valence-corrected chi connectivity index (χ2v) is 6.83. The number of aliphatic carboxylic acids is 1. The fraction of sp³-hybridized carbons (Fsp3) is 0.333. The quantitative estimate of drug-likeness (QED) is 0.644. The van der Waals surface area contributed by atoms with Crippen LogP contribution >= 0.6 is 50.3 Å². The molecule has 19 heavy (non-hydrogen) atoms. The molecule has 4 nitrogen and oxygen atoms in total. The fourth-order valence-electron chi connectivity index (χ4n) is 1.40. The lowest BCUT2D eigenvalue weighted by Gasteiger charge is -2.14. The molecule has 0 radical (unpaired) electrons. The van der Waals surface area contributed by atoms with Crippen LogP contribution in [-0.4, -0.2) is 35.0 Å². The Kier molecular flexibility index (Phi) is 7.16. The Bertz CT molecular complexity index is 484. The number of nitrogens with one attached hydrogen (secondary N) is 1. The van der Waals surface area contributed by atoms with Crippen LogP contribution in [0.2, 0.25) is 0 Å². The Morgan fingerprint density at radius 1 is 1.53 bits per heavy atom. The third-order valence-corrected chi connectivity index (χ3v) is 4.46. The molecule has 0 saturated carbocycles. The first-order chi connectivity index (χ1) is 8.95. The maximum atomic E-state index is 12.1. The molecule has 0 unspecified atom stereocenters. The second kappa shape index (κ2) is 8.11. The van der Waals surface area contributed by atoms with E-state index in [1.807, 2.05) is 12.3 Å². The maximum Gasteiger partial charge on any atom is 0.326 e. The molecule has 0 aliphatic rings. The van der Waals surface area contributed by atoms with Crippen LogP contribution < -0.4 is 5.32 Å². The number of carboxylic acid groups (broad SMARTS) is 1. The van der Waals surface area contributed by atoms with Crippen LogP contribution in [0.1, 0.15) is 16.8 Å². The Morgan fingerprint density at radius 3 is 2.79 bits per heavy atom. The standard InChI is InChI=1S/C12H13BrINO3S/c1-19-5-4-10(12(17)18)15-11(16)8-6-7(13)2-3-9(8)14/h2-3,6,10H,4-5H2,1H3,(H,15,16)(H,17,18)/t10-/m0/s1. The zero-order valence-electron chi connectivity index (χ0n) is 10.2. The van der Waals surface area contributed by atoms with Gasteiger partial charge in [-0.25, -0.2) is 4.79 Å². The molecule has 1 aromatic carbocycles. The molecule has 1 aromatic rings. The van der Waals surface area contributed by atoms with Crippen LogP contribution in [0.4, 0.5) is 0 Å². The highest BCUT2D eigenvalue weighted by atomic mass is 127. The molecule has 0 aromatic heterocycles. The number of carbonyl (C=O) groups excluding carboxylic acids is 1. The minimum Gasteiger partial charge on any atom is -0.480 e. The Hall–Kier alpha value is -0.280. The Balaban J connectivity index is 2.81. The van der Waals surface area contributed by atoms with Crippen LogP contribution in [0.15, 0.2) is 22.7 Å². The number of amides is 1. The molecule has 104 valence electrons. The van der Waals surface area contributed by atoms with Gasteiger partial charge in [-0.05, 0) is 59.2 Å². The highest BCUT2D eigenvalue weighted by Crippen LogP contribution is 2.18. The summed E-state index contributed by atoms with van der Waals surface area (Å²) in [5.74, 6) is -0.682. The van der Waals surface area contributed by atoms with E-state index < -0.39 is 12.0 Å². The highest BCUT2D eigenvalue weighted by Gasteiger charge is 2.21. The average Bonchev–Trinajstić information content (AvgIpc) is 2.36. The first-order valence-electron chi connectivity index (χ1n) is 5.43. The van der Waals surface area contributed by atoms with Crippen LogP contribution in [-0.2, 0) is 4.79 Å². The van der Waals surface area contributed by atoms with Crippen molar-refractivity contribution >= 4 is 62.2 Å². The van der Waals surface area contributed by atoms with Gasteiger partial charge in [-0.15, -0.1) is 0 Å². The molecule has 1 atom stereocenters. The summed E-state index contributed by atoms with van der Waals surface area (Å²) >= 11 is 6.90. The lowest BCUT2D eigenvalue weighted by Crippen LogP contribution is -2.41. The van der Waals surface area contributed by atoms with Crippen molar-refractivity contribution < 1.29 is 14.7 Å². The number of carbonyl (C=O) groups is 2. The third kappa shape index (κ3) is 5.31. The summed E-state index contributed by atoms with van der Waals surface area (Å²) in [6, 6.07) is 4.47. The minimum absolute atomic E-state index is 0.362. The van der Waals surface area contributed by atoms with Crippen LogP contribution in [0.5, 0.6) is 0 Å². The van der Waals surface area contributed by atoms with Crippen molar-refractivity contribution in [2.75, 3.05) is 12.0 Å². The number of rotatable bonds is 6. The van der Waals surface area contributed by atoms with E-state index in [0.29, 0.717) is 17.7 Å². The van der Waals surface area contributed by atoms with E-state index in [4.69, 9.17) is 5.11 Å². The molecule has 0 bridgehead atoms. The first kappa shape index (κ1) is 16.8. The van der Waals surface area contributed by atoms with E-state index in [2.05, 4.69) is 43.8 Å². The molecule has 0 aliphatic carbocycles. The molecule has 0 heterocycles. The van der Waals surface area contributed by atoms with Crippen molar-refractivity contribution in [2.45, 2.75) is 12.5 Å². The lowest BCUT2D eigenvalue weighted by atomic mass is 10.1. The van der Waals surface area contributed by atoms with Crippen LogP contribution in [0.25, 0.3) is 0 Å². The van der Waals surface area contributed by atoms with Gasteiger partial charge in [-0.2, -0.15) is 11.8 Å². The zero-order valence-corrected chi connectivity index (χ0v) is 14.7. The number of thioether (sulfide) groups is 1. The first-order valence-corrected chi connectivity index (χ1v) is 8.70. The minimum atomic E-state index is -1.01. The summed E-state index contributed by atoms with van der Waals surface area (Å²) in [4.78, 5) is 23.2. The van der Waals surface area contributed by atoms with E-state index in [9.17, 15) is 9.59 Å². The topological polar surface area (TPSA) is 66.4 Å². The van der Waals surface area contributed by atoms with E-state index in [1.165, 1.54) is 0 Å². The summed E-state index contributed by atoms with van der Waals surface area (Å²) in [6.45, 7) is 0. The highest BCUT2D eigenvalue weighted by molar-refractivity contribution is 14.1. The summed E-state index contributed by atoms with van der Waals surface area (Å²) < 4.78 is 1.57. The SMILES string of the molecule is CSCC[C@H](NC(=O)c1cc(Br)ccc1I)C(=O)O. The van der Waals surface area contributed by atoms with Crippen molar-refractivity contribution in [3.05, 3.63) is 31.8 Å². The zero-order chi connectivity index (χ0) is 14.4. The molecule has 1 rings (SSSR count). The largest absolute Gasteiger partial charge is 0.480 e. The fourth-order valence-corrected chi connectivity index (χ4v) is 2.81. The number of hydrogen-bond acceptors (Lipinski definition) is 3. The van der Waals surface area contributed by atoms with Gasteiger partial charge in [-0.1, -0.05) is 15.9 Å². The van der Waals surface area contributed by atoms with Gasteiger partial charge >= 0.3 is 5.97 Å². The van der Waals surface area contributed by atoms with Gasteiger partial charge in [0.1, 0.15) is 6.04 Å². The normalized spacial score (nSPS) is 11.9. The Labute approximate surface area is 138 Å². The van der Waals surface area contributed by atoms with Crippen molar-refractivity contribution in [1.82, 2.24) is 5.32 Å². The van der Waals surface area contributed by atoms with Gasteiger partial charge in [0.05, 0.1) is 5.56 Å². The summed E-state index contributed by atoms with van der Waals surface area (Å²) in [5.41, 5.74) is 0.477. The molecular formula is C12H13BrINO3S. The molecule has 0 spiro atoms. The van der Waals surface area contributed by atoms with Crippen LogP contribution in [0.3, 0.4) is 0 Å². The van der Waals surface area contributed by atoms with Crippen molar-refractivity contribution in [2.24, 2.45) is 0 Å². The number of hydrogen-bond donors (Lipinski definition) is 2. The maximum absolute atomic E-state index is 12.1. The van der Waals surface area contributed by atoms with Crippen molar-refractivity contribution in [3.8, 4) is 0 Å². The summed E-state index contributed by atoms with van der Waals surface area (Å²) in [7, 11) is 0. The summed E-state index contributed by atoms with van der Waals surface area (Å²) in [5, 5.41) is 11.6. The molecule has 1 amide bonds.